The second-order valence-corrected chi connectivity index (χ2v) is 4.97. The van der Waals surface area contributed by atoms with Crippen LogP contribution >= 0.6 is 0 Å². The quantitative estimate of drug-likeness (QED) is 0.873. The molecule has 4 nitrogen and oxygen atoms in total. The van der Waals surface area contributed by atoms with Gasteiger partial charge in [-0.25, -0.2) is 9.97 Å². The van der Waals surface area contributed by atoms with E-state index in [9.17, 15) is 18.3 Å². The normalized spacial score (nSPS) is 22.8. The lowest BCUT2D eigenvalue weighted by molar-refractivity contribution is -0.141. The van der Waals surface area contributed by atoms with E-state index in [-0.39, 0.29) is 5.95 Å². The van der Waals surface area contributed by atoms with Crippen LogP contribution in [0, 0.1) is 5.92 Å². The average Bonchev–Trinajstić information content (AvgIpc) is 3.08. The van der Waals surface area contributed by atoms with Crippen LogP contribution in [-0.2, 0) is 6.18 Å². The molecule has 0 radical (unpaired) electrons. The van der Waals surface area contributed by atoms with Gasteiger partial charge in [0, 0.05) is 6.20 Å². The molecular weight excluding hydrogens is 247 g/mol. The largest absolute Gasteiger partial charge is 0.433 e. The summed E-state index contributed by atoms with van der Waals surface area (Å²) in [7, 11) is 0. The predicted molar refractivity (Wildman–Crippen MR) is 56.9 cm³/mol. The van der Waals surface area contributed by atoms with E-state index >= 15 is 0 Å². The number of aromatic nitrogens is 2. The van der Waals surface area contributed by atoms with Gasteiger partial charge in [0.25, 0.3) is 0 Å². The number of halogens is 3. The zero-order valence-corrected chi connectivity index (χ0v) is 9.48. The third kappa shape index (κ3) is 1.92. The molecule has 7 heteroatoms. The first kappa shape index (κ1) is 11.7. The number of hydrogen-bond donors (Lipinski definition) is 1. The third-order valence-electron chi connectivity index (χ3n) is 3.48. The summed E-state index contributed by atoms with van der Waals surface area (Å²) in [4.78, 5) is 8.89. The van der Waals surface area contributed by atoms with Crippen molar-refractivity contribution in [1.82, 2.24) is 9.97 Å². The zero-order chi connectivity index (χ0) is 13.0. The zero-order valence-electron chi connectivity index (χ0n) is 9.48. The first-order valence-corrected chi connectivity index (χ1v) is 5.76. The maximum absolute atomic E-state index is 12.5. The average molecular weight is 259 g/mol. The van der Waals surface area contributed by atoms with E-state index in [1.165, 1.54) is 0 Å². The number of β-amino-alcohol motifs (C(OH)–C–C–N with tert-alkyl or cyclic N) is 1. The van der Waals surface area contributed by atoms with E-state index in [0.717, 1.165) is 25.1 Å². The van der Waals surface area contributed by atoms with Crippen LogP contribution in [0.2, 0.25) is 0 Å². The lowest BCUT2D eigenvalue weighted by Gasteiger charge is -2.46. The highest BCUT2D eigenvalue weighted by Gasteiger charge is 2.52. The van der Waals surface area contributed by atoms with Crippen LogP contribution in [0.15, 0.2) is 12.3 Å². The van der Waals surface area contributed by atoms with Gasteiger partial charge in [-0.05, 0) is 24.8 Å². The van der Waals surface area contributed by atoms with Crippen LogP contribution in [0.5, 0.6) is 0 Å². The molecule has 0 atom stereocenters. The van der Waals surface area contributed by atoms with Crippen molar-refractivity contribution in [3.63, 3.8) is 0 Å². The monoisotopic (exact) mass is 259 g/mol. The molecule has 1 aliphatic carbocycles. The lowest BCUT2D eigenvalue weighted by Crippen LogP contribution is -2.63. The molecule has 1 N–H and O–H groups in total. The molecule has 98 valence electrons. The molecule has 0 amide bonds. The first-order chi connectivity index (χ1) is 8.38. The van der Waals surface area contributed by atoms with Crippen molar-refractivity contribution >= 4 is 5.95 Å². The van der Waals surface area contributed by atoms with Gasteiger partial charge in [-0.15, -0.1) is 0 Å². The van der Waals surface area contributed by atoms with E-state index in [1.807, 2.05) is 0 Å². The Bertz CT molecular complexity index is 467. The number of rotatable bonds is 2. The molecule has 1 saturated carbocycles. The summed E-state index contributed by atoms with van der Waals surface area (Å²) in [5.41, 5.74) is -1.70. The summed E-state index contributed by atoms with van der Waals surface area (Å²) >= 11 is 0. The van der Waals surface area contributed by atoms with Crippen LogP contribution < -0.4 is 4.90 Å². The molecule has 0 unspecified atom stereocenters. The predicted octanol–water partition coefficient (Wildman–Crippen LogP) is 1.46. The van der Waals surface area contributed by atoms with Crippen LogP contribution in [0.4, 0.5) is 19.1 Å². The molecule has 2 fully saturated rings. The topological polar surface area (TPSA) is 49.2 Å². The summed E-state index contributed by atoms with van der Waals surface area (Å²) in [5.74, 6) is 0.328. The molecule has 1 aromatic rings. The smallest absolute Gasteiger partial charge is 0.386 e. The van der Waals surface area contributed by atoms with Crippen molar-refractivity contribution in [2.45, 2.75) is 24.6 Å². The number of hydrogen-bond acceptors (Lipinski definition) is 4. The Hall–Kier alpha value is -1.37. The second kappa shape index (κ2) is 3.57. The minimum absolute atomic E-state index is 0.0372. The number of aliphatic hydroxyl groups is 1. The Morgan fingerprint density at radius 3 is 2.56 bits per heavy atom. The molecule has 1 saturated heterocycles. The van der Waals surface area contributed by atoms with Gasteiger partial charge in [-0.2, -0.15) is 13.2 Å². The maximum atomic E-state index is 12.5. The molecular formula is C11H12F3N3O. The van der Waals surface area contributed by atoms with Crippen molar-refractivity contribution in [2.24, 2.45) is 5.92 Å². The van der Waals surface area contributed by atoms with Crippen LogP contribution in [0.25, 0.3) is 0 Å². The van der Waals surface area contributed by atoms with Crippen molar-refractivity contribution in [3.8, 4) is 0 Å². The highest BCUT2D eigenvalue weighted by molar-refractivity contribution is 5.39. The van der Waals surface area contributed by atoms with E-state index in [1.54, 1.807) is 4.90 Å². The Balaban J connectivity index is 1.74. The summed E-state index contributed by atoms with van der Waals surface area (Å²) in [6.07, 6.45) is -1.38. The fraction of sp³-hybridized carbons (Fsp3) is 0.636. The molecule has 0 aromatic carbocycles. The number of nitrogens with zero attached hydrogens (tertiary/aromatic N) is 3. The van der Waals surface area contributed by atoms with Gasteiger partial charge in [0.15, 0.2) is 0 Å². The highest BCUT2D eigenvalue weighted by Crippen LogP contribution is 2.45. The van der Waals surface area contributed by atoms with E-state index in [2.05, 4.69) is 9.97 Å². The fourth-order valence-electron chi connectivity index (χ4n) is 2.29. The maximum Gasteiger partial charge on any atom is 0.433 e. The molecule has 0 bridgehead atoms. The first-order valence-electron chi connectivity index (χ1n) is 5.76. The summed E-state index contributed by atoms with van der Waals surface area (Å²) in [6.45, 7) is 0.637. The molecule has 3 rings (SSSR count). The standard InChI is InChI=1S/C11H12F3N3O/c12-11(13,14)8-3-4-15-9(16-8)17-5-10(18,6-17)7-1-2-7/h3-4,7,18H,1-2,5-6H2. The molecule has 18 heavy (non-hydrogen) atoms. The van der Waals surface area contributed by atoms with Gasteiger partial charge < -0.3 is 10.0 Å². The Kier molecular flexibility index (Phi) is 2.32. The van der Waals surface area contributed by atoms with Crippen molar-refractivity contribution < 1.29 is 18.3 Å². The van der Waals surface area contributed by atoms with Gasteiger partial charge in [0.05, 0.1) is 13.1 Å². The van der Waals surface area contributed by atoms with Gasteiger partial charge >= 0.3 is 6.18 Å². The summed E-state index contributed by atoms with van der Waals surface area (Å²) < 4.78 is 37.5. The lowest BCUT2D eigenvalue weighted by atomic mass is 9.89. The molecule has 2 heterocycles. The Morgan fingerprint density at radius 2 is 2.00 bits per heavy atom. The summed E-state index contributed by atoms with van der Waals surface area (Å²) in [5, 5.41) is 10.1. The van der Waals surface area contributed by atoms with Gasteiger partial charge in [0.1, 0.15) is 11.3 Å². The van der Waals surface area contributed by atoms with Crippen molar-refractivity contribution in [1.29, 1.82) is 0 Å². The van der Waals surface area contributed by atoms with Crippen molar-refractivity contribution in [2.75, 3.05) is 18.0 Å². The van der Waals surface area contributed by atoms with E-state index < -0.39 is 17.5 Å². The molecule has 1 aliphatic heterocycles. The van der Waals surface area contributed by atoms with Crippen LogP contribution in [0.3, 0.4) is 0 Å². The minimum Gasteiger partial charge on any atom is -0.386 e. The number of anilines is 1. The van der Waals surface area contributed by atoms with Crippen LogP contribution in [0.1, 0.15) is 18.5 Å². The number of alkyl halides is 3. The second-order valence-electron chi connectivity index (χ2n) is 4.97. The van der Waals surface area contributed by atoms with Crippen LogP contribution in [-0.4, -0.2) is 33.8 Å². The summed E-state index contributed by atoms with van der Waals surface area (Å²) in [6, 6.07) is 0.844. The van der Waals surface area contributed by atoms with Crippen molar-refractivity contribution in [3.05, 3.63) is 18.0 Å². The minimum atomic E-state index is -4.46. The van der Waals surface area contributed by atoms with Gasteiger partial charge in [-0.3, -0.25) is 0 Å². The molecule has 2 aliphatic rings. The van der Waals surface area contributed by atoms with Gasteiger partial charge in [0.2, 0.25) is 5.95 Å². The highest BCUT2D eigenvalue weighted by atomic mass is 19.4. The van der Waals surface area contributed by atoms with Gasteiger partial charge in [-0.1, -0.05) is 0 Å². The Labute approximate surface area is 101 Å². The van der Waals surface area contributed by atoms with E-state index in [0.29, 0.717) is 19.0 Å². The third-order valence-corrected chi connectivity index (χ3v) is 3.48. The molecule has 0 spiro atoms. The van der Waals surface area contributed by atoms with E-state index in [4.69, 9.17) is 0 Å². The Morgan fingerprint density at radius 1 is 1.33 bits per heavy atom. The SMILES string of the molecule is OC1(C2CC2)CN(c2nccc(C(F)(F)F)n2)C1. The fourth-order valence-corrected chi connectivity index (χ4v) is 2.29. The molecule has 1 aromatic heterocycles.